The number of hydrogen-bond donors (Lipinski definition) is 1. The highest BCUT2D eigenvalue weighted by atomic mass is 79.9. The van der Waals surface area contributed by atoms with E-state index in [1.54, 1.807) is 0 Å². The van der Waals surface area contributed by atoms with Gasteiger partial charge in [0.05, 0.1) is 0 Å². The number of aryl methyl sites for hydroxylation is 1. The van der Waals surface area contributed by atoms with Crippen molar-refractivity contribution in [1.29, 1.82) is 0 Å². The third-order valence-corrected chi connectivity index (χ3v) is 3.58. The SMILES string of the molecule is Cc1ccc(Br)cc1C(=O)N1CCN[C@@H](C)C1. The van der Waals surface area contributed by atoms with E-state index in [0.717, 1.165) is 35.2 Å². The van der Waals surface area contributed by atoms with Gasteiger partial charge in [0.2, 0.25) is 0 Å². The predicted molar refractivity (Wildman–Crippen MR) is 72.2 cm³/mol. The number of nitrogens with zero attached hydrogens (tertiary/aromatic N) is 1. The zero-order valence-corrected chi connectivity index (χ0v) is 11.8. The third kappa shape index (κ3) is 2.87. The van der Waals surface area contributed by atoms with Gasteiger partial charge >= 0.3 is 0 Å². The summed E-state index contributed by atoms with van der Waals surface area (Å²) < 4.78 is 0.953. The van der Waals surface area contributed by atoms with Crippen molar-refractivity contribution in [3.8, 4) is 0 Å². The number of piperazine rings is 1. The number of amides is 1. The van der Waals surface area contributed by atoms with E-state index in [9.17, 15) is 4.79 Å². The van der Waals surface area contributed by atoms with Crippen LogP contribution in [0.4, 0.5) is 0 Å². The average Bonchev–Trinajstić information content (AvgIpc) is 2.31. The first kappa shape index (κ1) is 12.6. The largest absolute Gasteiger partial charge is 0.336 e. The first-order valence-electron chi connectivity index (χ1n) is 5.87. The Labute approximate surface area is 110 Å². The van der Waals surface area contributed by atoms with Crippen molar-refractivity contribution >= 4 is 21.8 Å². The minimum Gasteiger partial charge on any atom is -0.336 e. The lowest BCUT2D eigenvalue weighted by Crippen LogP contribution is -2.51. The highest BCUT2D eigenvalue weighted by molar-refractivity contribution is 9.10. The minimum atomic E-state index is 0.136. The standard InChI is InChI=1S/C13H17BrN2O/c1-9-3-4-11(14)7-12(9)13(17)16-6-5-15-10(2)8-16/h3-4,7,10,15H,5-6,8H2,1-2H3/t10-/m0/s1. The van der Waals surface area contributed by atoms with Crippen molar-refractivity contribution < 1.29 is 4.79 Å². The third-order valence-electron chi connectivity index (χ3n) is 3.09. The Hall–Kier alpha value is -0.870. The number of carbonyl (C=O) groups is 1. The molecule has 1 atom stereocenters. The molecule has 1 heterocycles. The predicted octanol–water partition coefficient (Wildman–Crippen LogP) is 2.19. The molecule has 4 heteroatoms. The number of carbonyl (C=O) groups excluding carboxylic acids is 1. The van der Waals surface area contributed by atoms with Crippen LogP contribution in [0.5, 0.6) is 0 Å². The summed E-state index contributed by atoms with van der Waals surface area (Å²) in [5.41, 5.74) is 1.83. The molecular formula is C13H17BrN2O. The number of halogens is 1. The average molecular weight is 297 g/mol. The fourth-order valence-corrected chi connectivity index (χ4v) is 2.47. The number of rotatable bonds is 1. The summed E-state index contributed by atoms with van der Waals surface area (Å²) in [6, 6.07) is 6.22. The lowest BCUT2D eigenvalue weighted by molar-refractivity contribution is 0.0708. The molecule has 17 heavy (non-hydrogen) atoms. The molecule has 0 radical (unpaired) electrons. The Balaban J connectivity index is 2.21. The number of nitrogens with one attached hydrogen (secondary N) is 1. The number of benzene rings is 1. The van der Waals surface area contributed by atoms with Crippen LogP contribution in [0.2, 0.25) is 0 Å². The molecule has 1 aromatic carbocycles. The summed E-state index contributed by atoms with van der Waals surface area (Å²) in [7, 11) is 0. The zero-order valence-electron chi connectivity index (χ0n) is 10.2. The molecule has 1 aliphatic rings. The first-order valence-corrected chi connectivity index (χ1v) is 6.66. The molecule has 3 nitrogen and oxygen atoms in total. The molecule has 1 aliphatic heterocycles. The Morgan fingerprint density at radius 3 is 3.00 bits per heavy atom. The van der Waals surface area contributed by atoms with Crippen molar-refractivity contribution in [3.63, 3.8) is 0 Å². The highest BCUT2D eigenvalue weighted by Gasteiger charge is 2.22. The monoisotopic (exact) mass is 296 g/mol. The van der Waals surface area contributed by atoms with E-state index in [0.29, 0.717) is 6.04 Å². The van der Waals surface area contributed by atoms with Gasteiger partial charge in [-0.3, -0.25) is 4.79 Å². The molecule has 2 rings (SSSR count). The summed E-state index contributed by atoms with van der Waals surface area (Å²) in [5, 5.41) is 3.34. The van der Waals surface area contributed by atoms with Gasteiger partial charge in [0, 0.05) is 35.7 Å². The fraction of sp³-hybridized carbons (Fsp3) is 0.462. The molecule has 1 saturated heterocycles. The van der Waals surface area contributed by atoms with Crippen molar-refractivity contribution in [1.82, 2.24) is 10.2 Å². The quantitative estimate of drug-likeness (QED) is 0.862. The van der Waals surface area contributed by atoms with Gasteiger partial charge in [-0.25, -0.2) is 0 Å². The van der Waals surface area contributed by atoms with Crippen LogP contribution < -0.4 is 5.32 Å². The van der Waals surface area contributed by atoms with E-state index in [2.05, 4.69) is 28.2 Å². The molecule has 0 aliphatic carbocycles. The van der Waals surface area contributed by atoms with Gasteiger partial charge in [-0.1, -0.05) is 22.0 Å². The van der Waals surface area contributed by atoms with Crippen LogP contribution in [0.3, 0.4) is 0 Å². The molecule has 1 amide bonds. The molecule has 1 fully saturated rings. The van der Waals surface area contributed by atoms with E-state index < -0.39 is 0 Å². The van der Waals surface area contributed by atoms with Gasteiger partial charge in [0.1, 0.15) is 0 Å². The van der Waals surface area contributed by atoms with Gasteiger partial charge in [-0.2, -0.15) is 0 Å². The normalized spacial score (nSPS) is 20.4. The molecule has 0 bridgehead atoms. The molecule has 92 valence electrons. The van der Waals surface area contributed by atoms with E-state index in [1.165, 1.54) is 0 Å². The van der Waals surface area contributed by atoms with Crippen molar-refractivity contribution in [3.05, 3.63) is 33.8 Å². The summed E-state index contributed by atoms with van der Waals surface area (Å²) >= 11 is 3.42. The van der Waals surface area contributed by atoms with Gasteiger partial charge < -0.3 is 10.2 Å². The van der Waals surface area contributed by atoms with Gasteiger partial charge in [-0.15, -0.1) is 0 Å². The lowest BCUT2D eigenvalue weighted by Gasteiger charge is -2.32. The molecular weight excluding hydrogens is 280 g/mol. The van der Waals surface area contributed by atoms with Crippen LogP contribution in [0.15, 0.2) is 22.7 Å². The second-order valence-electron chi connectivity index (χ2n) is 4.57. The maximum Gasteiger partial charge on any atom is 0.254 e. The van der Waals surface area contributed by atoms with Crippen molar-refractivity contribution in [2.45, 2.75) is 19.9 Å². The smallest absolute Gasteiger partial charge is 0.254 e. The van der Waals surface area contributed by atoms with E-state index >= 15 is 0 Å². The second kappa shape index (κ2) is 5.19. The maximum absolute atomic E-state index is 12.4. The Kier molecular flexibility index (Phi) is 3.84. The molecule has 1 aromatic rings. The summed E-state index contributed by atoms with van der Waals surface area (Å²) in [4.78, 5) is 14.3. The highest BCUT2D eigenvalue weighted by Crippen LogP contribution is 2.18. The Morgan fingerprint density at radius 2 is 2.29 bits per heavy atom. The zero-order chi connectivity index (χ0) is 12.4. The topological polar surface area (TPSA) is 32.3 Å². The maximum atomic E-state index is 12.4. The fourth-order valence-electron chi connectivity index (χ4n) is 2.11. The summed E-state index contributed by atoms with van der Waals surface area (Å²) in [6.07, 6.45) is 0. The van der Waals surface area contributed by atoms with E-state index in [-0.39, 0.29) is 5.91 Å². The van der Waals surface area contributed by atoms with Crippen LogP contribution in [0, 0.1) is 6.92 Å². The van der Waals surface area contributed by atoms with E-state index in [4.69, 9.17) is 0 Å². The minimum absolute atomic E-state index is 0.136. The van der Waals surface area contributed by atoms with Crippen LogP contribution in [-0.2, 0) is 0 Å². The van der Waals surface area contributed by atoms with Crippen LogP contribution in [0.25, 0.3) is 0 Å². The van der Waals surface area contributed by atoms with Crippen LogP contribution in [-0.4, -0.2) is 36.5 Å². The lowest BCUT2D eigenvalue weighted by atomic mass is 10.1. The van der Waals surface area contributed by atoms with Crippen molar-refractivity contribution in [2.24, 2.45) is 0 Å². The molecule has 0 aromatic heterocycles. The Bertz CT molecular complexity index is 433. The summed E-state index contributed by atoms with van der Waals surface area (Å²) in [6.45, 7) is 6.53. The van der Waals surface area contributed by atoms with Crippen molar-refractivity contribution in [2.75, 3.05) is 19.6 Å². The molecule has 0 saturated carbocycles. The second-order valence-corrected chi connectivity index (χ2v) is 5.48. The van der Waals surface area contributed by atoms with Gasteiger partial charge in [0.15, 0.2) is 0 Å². The Morgan fingerprint density at radius 1 is 1.53 bits per heavy atom. The first-order chi connectivity index (χ1) is 8.08. The van der Waals surface area contributed by atoms with E-state index in [1.807, 2.05) is 30.0 Å². The number of hydrogen-bond acceptors (Lipinski definition) is 2. The van der Waals surface area contributed by atoms with Crippen LogP contribution in [0.1, 0.15) is 22.8 Å². The summed E-state index contributed by atoms with van der Waals surface area (Å²) in [5.74, 6) is 0.136. The molecule has 0 spiro atoms. The molecule has 0 unspecified atom stereocenters. The van der Waals surface area contributed by atoms with Gasteiger partial charge in [-0.05, 0) is 31.5 Å². The molecule has 1 N–H and O–H groups in total. The van der Waals surface area contributed by atoms with Crippen LogP contribution >= 0.6 is 15.9 Å². The van der Waals surface area contributed by atoms with Gasteiger partial charge in [0.25, 0.3) is 5.91 Å².